The van der Waals surface area contributed by atoms with Gasteiger partial charge in [-0.25, -0.2) is 4.98 Å². The van der Waals surface area contributed by atoms with E-state index >= 15 is 0 Å². The quantitative estimate of drug-likeness (QED) is 0.845. The molecule has 0 spiro atoms. The summed E-state index contributed by atoms with van der Waals surface area (Å²) in [5.41, 5.74) is 5.41. The first kappa shape index (κ1) is 11.8. The molecule has 1 saturated heterocycles. The summed E-state index contributed by atoms with van der Waals surface area (Å²) < 4.78 is 9.84. The van der Waals surface area contributed by atoms with E-state index in [1.165, 1.54) is 11.5 Å². The van der Waals surface area contributed by atoms with Crippen molar-refractivity contribution in [2.75, 3.05) is 31.1 Å². The predicted octanol–water partition coefficient (Wildman–Crippen LogP) is 0.791. The van der Waals surface area contributed by atoms with Gasteiger partial charge in [-0.1, -0.05) is 0 Å². The van der Waals surface area contributed by atoms with Gasteiger partial charge in [0, 0.05) is 31.2 Å². The third-order valence-corrected chi connectivity index (χ3v) is 3.57. The molecule has 90 valence electrons. The molecule has 0 radical (unpaired) electrons. The molecule has 1 fully saturated rings. The van der Waals surface area contributed by atoms with Crippen LogP contribution >= 0.6 is 11.5 Å². The minimum absolute atomic E-state index is 0.369. The van der Waals surface area contributed by atoms with E-state index < -0.39 is 0 Å². The fourth-order valence-corrected chi connectivity index (χ4v) is 2.59. The van der Waals surface area contributed by atoms with Crippen LogP contribution < -0.4 is 10.6 Å². The molecule has 0 bridgehead atoms. The number of ether oxygens (including phenoxy) is 1. The Morgan fingerprint density at radius 3 is 2.81 bits per heavy atom. The van der Waals surface area contributed by atoms with Gasteiger partial charge in [0.1, 0.15) is 5.82 Å². The van der Waals surface area contributed by atoms with E-state index in [-0.39, 0.29) is 0 Å². The molecule has 1 aromatic rings. The van der Waals surface area contributed by atoms with Crippen molar-refractivity contribution in [1.29, 1.82) is 0 Å². The zero-order valence-electron chi connectivity index (χ0n) is 9.56. The van der Waals surface area contributed by atoms with Gasteiger partial charge >= 0.3 is 0 Å². The fraction of sp³-hybridized carbons (Fsp3) is 0.800. The van der Waals surface area contributed by atoms with Crippen LogP contribution in [0, 0.1) is 6.92 Å². The number of rotatable bonds is 4. The number of anilines is 1. The summed E-state index contributed by atoms with van der Waals surface area (Å²) in [7, 11) is 0. The Kier molecular flexibility index (Phi) is 4.09. The molecule has 0 saturated carbocycles. The molecule has 1 aromatic heterocycles. The van der Waals surface area contributed by atoms with Crippen molar-refractivity contribution in [1.82, 2.24) is 9.36 Å². The van der Waals surface area contributed by atoms with Crippen molar-refractivity contribution in [3.05, 3.63) is 5.82 Å². The molecule has 0 amide bonds. The number of aromatic nitrogens is 2. The van der Waals surface area contributed by atoms with Crippen molar-refractivity contribution in [2.45, 2.75) is 25.9 Å². The number of hydrogen-bond donors (Lipinski definition) is 1. The van der Waals surface area contributed by atoms with E-state index in [1.807, 2.05) is 6.92 Å². The van der Waals surface area contributed by atoms with Crippen molar-refractivity contribution < 1.29 is 4.74 Å². The summed E-state index contributed by atoms with van der Waals surface area (Å²) in [5, 5.41) is 1.04. The second-order valence-corrected chi connectivity index (χ2v) is 4.70. The van der Waals surface area contributed by atoms with Crippen molar-refractivity contribution in [3.63, 3.8) is 0 Å². The number of piperidine rings is 1. The van der Waals surface area contributed by atoms with Crippen LogP contribution in [-0.2, 0) is 4.74 Å². The Balaban J connectivity index is 1.81. The Morgan fingerprint density at radius 2 is 2.25 bits per heavy atom. The highest BCUT2D eigenvalue weighted by Gasteiger charge is 2.21. The van der Waals surface area contributed by atoms with E-state index in [2.05, 4.69) is 14.3 Å². The van der Waals surface area contributed by atoms with Gasteiger partial charge in [0.2, 0.25) is 5.13 Å². The first-order chi connectivity index (χ1) is 7.79. The smallest absolute Gasteiger partial charge is 0.205 e. The molecule has 2 heterocycles. The third-order valence-electron chi connectivity index (χ3n) is 2.70. The molecule has 1 aliphatic heterocycles. The van der Waals surface area contributed by atoms with Crippen LogP contribution in [-0.4, -0.2) is 41.7 Å². The highest BCUT2D eigenvalue weighted by Crippen LogP contribution is 2.22. The lowest BCUT2D eigenvalue weighted by atomic mass is 10.1. The first-order valence-corrected chi connectivity index (χ1v) is 6.44. The maximum Gasteiger partial charge on any atom is 0.205 e. The van der Waals surface area contributed by atoms with Crippen LogP contribution in [0.5, 0.6) is 0 Å². The van der Waals surface area contributed by atoms with Crippen LogP contribution in [0.2, 0.25) is 0 Å². The summed E-state index contributed by atoms with van der Waals surface area (Å²) in [6, 6.07) is 0. The van der Waals surface area contributed by atoms with Gasteiger partial charge in [0.25, 0.3) is 0 Å². The maximum absolute atomic E-state index is 5.64. The molecule has 0 aliphatic carbocycles. The number of nitrogens with two attached hydrogens (primary N) is 1. The van der Waals surface area contributed by atoms with Crippen LogP contribution in [0.15, 0.2) is 0 Å². The van der Waals surface area contributed by atoms with Gasteiger partial charge in [0.05, 0.1) is 12.7 Å². The SMILES string of the molecule is Cc1nsc(N2CCC(OCCN)CC2)n1. The molecule has 6 heteroatoms. The minimum Gasteiger partial charge on any atom is -0.377 e. The van der Waals surface area contributed by atoms with Gasteiger partial charge < -0.3 is 15.4 Å². The van der Waals surface area contributed by atoms with Crippen molar-refractivity contribution in [2.24, 2.45) is 5.73 Å². The van der Waals surface area contributed by atoms with Gasteiger partial charge in [-0.15, -0.1) is 0 Å². The fourth-order valence-electron chi connectivity index (χ4n) is 1.86. The van der Waals surface area contributed by atoms with E-state index in [9.17, 15) is 0 Å². The molecular formula is C10H18N4OS. The molecule has 0 unspecified atom stereocenters. The first-order valence-electron chi connectivity index (χ1n) is 5.66. The largest absolute Gasteiger partial charge is 0.377 e. The summed E-state index contributed by atoms with van der Waals surface area (Å²) in [4.78, 5) is 6.68. The highest BCUT2D eigenvalue weighted by atomic mass is 32.1. The van der Waals surface area contributed by atoms with Crippen LogP contribution in [0.4, 0.5) is 5.13 Å². The number of aryl methyl sites for hydroxylation is 1. The maximum atomic E-state index is 5.64. The molecule has 0 aromatic carbocycles. The van der Waals surface area contributed by atoms with E-state index in [0.717, 1.165) is 36.9 Å². The Bertz CT molecular complexity index is 322. The highest BCUT2D eigenvalue weighted by molar-refractivity contribution is 7.09. The Hall–Kier alpha value is -0.720. The lowest BCUT2D eigenvalue weighted by molar-refractivity contribution is 0.0422. The second kappa shape index (κ2) is 5.56. The lowest BCUT2D eigenvalue weighted by Gasteiger charge is -2.31. The zero-order chi connectivity index (χ0) is 11.4. The minimum atomic E-state index is 0.369. The molecule has 0 atom stereocenters. The number of hydrogen-bond acceptors (Lipinski definition) is 6. The standard InChI is InChI=1S/C10H18N4OS/c1-8-12-10(16-13-8)14-5-2-9(3-6-14)15-7-4-11/h9H,2-7,11H2,1H3. The van der Waals surface area contributed by atoms with Crippen molar-refractivity contribution >= 4 is 16.7 Å². The monoisotopic (exact) mass is 242 g/mol. The van der Waals surface area contributed by atoms with Crippen LogP contribution in [0.3, 0.4) is 0 Å². The summed E-state index contributed by atoms with van der Waals surface area (Å²) in [6.45, 7) is 5.21. The predicted molar refractivity (Wildman–Crippen MR) is 64.9 cm³/mol. The van der Waals surface area contributed by atoms with Crippen LogP contribution in [0.25, 0.3) is 0 Å². The van der Waals surface area contributed by atoms with E-state index in [0.29, 0.717) is 19.3 Å². The molecule has 2 N–H and O–H groups in total. The summed E-state index contributed by atoms with van der Waals surface area (Å²) in [5.74, 6) is 0.863. The topological polar surface area (TPSA) is 64.3 Å². The summed E-state index contributed by atoms with van der Waals surface area (Å²) in [6.07, 6.45) is 2.48. The molecule has 2 rings (SSSR count). The number of nitrogens with zero attached hydrogens (tertiary/aromatic N) is 3. The molecule has 5 nitrogen and oxygen atoms in total. The van der Waals surface area contributed by atoms with Gasteiger partial charge in [-0.05, 0) is 19.8 Å². The Labute approximate surface area is 99.8 Å². The molecular weight excluding hydrogens is 224 g/mol. The van der Waals surface area contributed by atoms with Gasteiger partial charge in [-0.2, -0.15) is 4.37 Å². The van der Waals surface area contributed by atoms with Gasteiger partial charge in [0.15, 0.2) is 0 Å². The van der Waals surface area contributed by atoms with Crippen LogP contribution in [0.1, 0.15) is 18.7 Å². The second-order valence-electron chi connectivity index (χ2n) is 3.97. The lowest BCUT2D eigenvalue weighted by Crippen LogP contribution is -2.37. The zero-order valence-corrected chi connectivity index (χ0v) is 10.4. The average Bonchev–Trinajstić information content (AvgIpc) is 2.74. The summed E-state index contributed by atoms with van der Waals surface area (Å²) >= 11 is 1.48. The normalized spacial score (nSPS) is 18.0. The average molecular weight is 242 g/mol. The van der Waals surface area contributed by atoms with E-state index in [1.54, 1.807) is 0 Å². The van der Waals surface area contributed by atoms with Crippen molar-refractivity contribution in [3.8, 4) is 0 Å². The molecule has 16 heavy (non-hydrogen) atoms. The Morgan fingerprint density at radius 1 is 1.50 bits per heavy atom. The molecule has 1 aliphatic rings. The third kappa shape index (κ3) is 2.90. The van der Waals surface area contributed by atoms with Gasteiger partial charge in [-0.3, -0.25) is 0 Å². The van der Waals surface area contributed by atoms with E-state index in [4.69, 9.17) is 10.5 Å².